The van der Waals surface area contributed by atoms with Crippen LogP contribution in [0.3, 0.4) is 0 Å². The lowest BCUT2D eigenvalue weighted by Crippen LogP contribution is -2.22. The fraction of sp³-hybridized carbons (Fsp3) is 0.385. The lowest BCUT2D eigenvalue weighted by atomic mass is 10.0. The summed E-state index contributed by atoms with van der Waals surface area (Å²) in [5.74, 6) is 0.745. The Morgan fingerprint density at radius 3 is 2.88 bits per heavy atom. The third kappa shape index (κ3) is 3.14. The molecule has 0 aliphatic heterocycles. The van der Waals surface area contributed by atoms with E-state index in [0.29, 0.717) is 6.04 Å². The highest BCUT2D eigenvalue weighted by Gasteiger charge is 2.07. The summed E-state index contributed by atoms with van der Waals surface area (Å²) in [6, 6.07) is 8.75. The molecule has 1 heterocycles. The number of benzene rings is 1. The van der Waals surface area contributed by atoms with Crippen molar-refractivity contribution < 1.29 is 4.52 Å². The maximum Gasteiger partial charge on any atom is 0.213 e. The van der Waals surface area contributed by atoms with Gasteiger partial charge in [0, 0.05) is 19.0 Å². The van der Waals surface area contributed by atoms with Gasteiger partial charge < -0.3 is 9.84 Å². The van der Waals surface area contributed by atoms with Gasteiger partial charge in [-0.15, -0.1) is 0 Å². The van der Waals surface area contributed by atoms with E-state index in [0.717, 1.165) is 18.8 Å². The maximum atomic E-state index is 4.69. The molecule has 0 spiro atoms. The lowest BCUT2D eigenvalue weighted by Gasteiger charge is -2.15. The van der Waals surface area contributed by atoms with Crippen LogP contribution in [0.4, 0.5) is 0 Å². The Morgan fingerprint density at radius 2 is 2.18 bits per heavy atom. The second-order valence-corrected chi connectivity index (χ2v) is 4.13. The van der Waals surface area contributed by atoms with Crippen LogP contribution in [0.25, 0.3) is 0 Å². The number of nitrogens with one attached hydrogen (secondary N) is 1. The molecule has 1 aromatic carbocycles. The Balaban J connectivity index is 1.85. The molecule has 2 rings (SSSR count). The van der Waals surface area contributed by atoms with Crippen molar-refractivity contribution >= 4 is 0 Å². The summed E-state index contributed by atoms with van der Waals surface area (Å²) in [6.07, 6.45) is 2.15. The van der Waals surface area contributed by atoms with Gasteiger partial charge in [0.25, 0.3) is 0 Å². The molecule has 17 heavy (non-hydrogen) atoms. The van der Waals surface area contributed by atoms with Gasteiger partial charge in [-0.05, 0) is 25.0 Å². The molecule has 1 atom stereocenters. The van der Waals surface area contributed by atoms with Gasteiger partial charge in [0.1, 0.15) is 0 Å². The standard InChI is InChI=1S/C13H17N3O/c1-10-5-3-4-6-12(10)11(2)14-8-7-13-15-9-17-16-13/h3-6,9,11,14H,7-8H2,1-2H3. The van der Waals surface area contributed by atoms with Gasteiger partial charge >= 0.3 is 0 Å². The van der Waals surface area contributed by atoms with E-state index in [9.17, 15) is 0 Å². The molecule has 0 saturated heterocycles. The van der Waals surface area contributed by atoms with Crippen molar-refractivity contribution in [1.82, 2.24) is 15.5 Å². The maximum absolute atomic E-state index is 4.69. The van der Waals surface area contributed by atoms with Gasteiger partial charge in [-0.3, -0.25) is 0 Å². The lowest BCUT2D eigenvalue weighted by molar-refractivity contribution is 0.408. The summed E-state index contributed by atoms with van der Waals surface area (Å²) < 4.78 is 4.69. The second-order valence-electron chi connectivity index (χ2n) is 4.13. The summed E-state index contributed by atoms with van der Waals surface area (Å²) >= 11 is 0. The zero-order chi connectivity index (χ0) is 12.1. The zero-order valence-corrected chi connectivity index (χ0v) is 10.2. The first-order valence-electron chi connectivity index (χ1n) is 5.81. The van der Waals surface area contributed by atoms with E-state index >= 15 is 0 Å². The van der Waals surface area contributed by atoms with E-state index in [1.807, 2.05) is 0 Å². The smallest absolute Gasteiger partial charge is 0.213 e. The fourth-order valence-corrected chi connectivity index (χ4v) is 1.89. The van der Waals surface area contributed by atoms with Crippen LogP contribution < -0.4 is 5.32 Å². The van der Waals surface area contributed by atoms with Crippen LogP contribution >= 0.6 is 0 Å². The SMILES string of the molecule is Cc1ccccc1C(C)NCCc1ncon1. The molecule has 0 saturated carbocycles. The summed E-state index contributed by atoms with van der Waals surface area (Å²) in [4.78, 5) is 3.99. The number of nitrogens with zero attached hydrogens (tertiary/aromatic N) is 2. The Morgan fingerprint density at radius 1 is 1.35 bits per heavy atom. The molecule has 1 aromatic heterocycles. The van der Waals surface area contributed by atoms with Crippen LogP contribution in [0, 0.1) is 6.92 Å². The number of hydrogen-bond donors (Lipinski definition) is 1. The van der Waals surface area contributed by atoms with Crippen LogP contribution in [0.15, 0.2) is 35.2 Å². The minimum atomic E-state index is 0.336. The van der Waals surface area contributed by atoms with Crippen molar-refractivity contribution in [3.05, 3.63) is 47.6 Å². The molecule has 1 N–H and O–H groups in total. The van der Waals surface area contributed by atoms with Crippen LogP contribution in [-0.2, 0) is 6.42 Å². The fourth-order valence-electron chi connectivity index (χ4n) is 1.89. The van der Waals surface area contributed by atoms with Crippen LogP contribution in [0.1, 0.15) is 29.9 Å². The molecule has 90 valence electrons. The molecule has 4 nitrogen and oxygen atoms in total. The van der Waals surface area contributed by atoms with Crippen LogP contribution in [-0.4, -0.2) is 16.7 Å². The van der Waals surface area contributed by atoms with Gasteiger partial charge in [0.2, 0.25) is 6.39 Å². The van der Waals surface area contributed by atoms with E-state index in [1.54, 1.807) is 0 Å². The van der Waals surface area contributed by atoms with Gasteiger partial charge in [0.15, 0.2) is 5.82 Å². The van der Waals surface area contributed by atoms with Crippen molar-refractivity contribution in [2.24, 2.45) is 0 Å². The number of hydrogen-bond acceptors (Lipinski definition) is 4. The van der Waals surface area contributed by atoms with E-state index in [1.165, 1.54) is 17.5 Å². The monoisotopic (exact) mass is 231 g/mol. The third-order valence-electron chi connectivity index (χ3n) is 2.86. The largest absolute Gasteiger partial charge is 0.343 e. The highest BCUT2D eigenvalue weighted by Crippen LogP contribution is 2.16. The Hall–Kier alpha value is -1.68. The van der Waals surface area contributed by atoms with Gasteiger partial charge in [0.05, 0.1) is 0 Å². The highest BCUT2D eigenvalue weighted by atomic mass is 16.5. The molecule has 0 amide bonds. The molecule has 2 aromatic rings. The van der Waals surface area contributed by atoms with Gasteiger partial charge in [-0.2, -0.15) is 4.98 Å². The first-order chi connectivity index (χ1) is 8.27. The molecule has 0 bridgehead atoms. The highest BCUT2D eigenvalue weighted by molar-refractivity contribution is 5.28. The molecular weight excluding hydrogens is 214 g/mol. The normalized spacial score (nSPS) is 12.6. The van der Waals surface area contributed by atoms with Gasteiger partial charge in [-0.1, -0.05) is 29.4 Å². The number of aromatic nitrogens is 2. The predicted molar refractivity (Wildman–Crippen MR) is 65.6 cm³/mol. The van der Waals surface area contributed by atoms with Crippen molar-refractivity contribution in [1.29, 1.82) is 0 Å². The van der Waals surface area contributed by atoms with Crippen molar-refractivity contribution in [3.8, 4) is 0 Å². The quantitative estimate of drug-likeness (QED) is 0.857. The summed E-state index contributed by atoms with van der Waals surface area (Å²) in [5, 5.41) is 7.23. The Bertz CT molecular complexity index is 453. The summed E-state index contributed by atoms with van der Waals surface area (Å²) in [7, 11) is 0. The molecule has 4 heteroatoms. The molecule has 1 unspecified atom stereocenters. The predicted octanol–water partition coefficient (Wildman–Crippen LogP) is 2.27. The Labute approximate surface area is 101 Å². The zero-order valence-electron chi connectivity index (χ0n) is 10.2. The van der Waals surface area contributed by atoms with Crippen LogP contribution in [0.5, 0.6) is 0 Å². The summed E-state index contributed by atoms with van der Waals surface area (Å²) in [6.45, 7) is 5.14. The topological polar surface area (TPSA) is 51.0 Å². The molecular formula is C13H17N3O. The van der Waals surface area contributed by atoms with Crippen LogP contribution in [0.2, 0.25) is 0 Å². The van der Waals surface area contributed by atoms with Crippen molar-refractivity contribution in [3.63, 3.8) is 0 Å². The third-order valence-corrected chi connectivity index (χ3v) is 2.86. The minimum Gasteiger partial charge on any atom is -0.343 e. The van der Waals surface area contributed by atoms with Crippen molar-refractivity contribution in [2.75, 3.05) is 6.54 Å². The van der Waals surface area contributed by atoms with E-state index in [4.69, 9.17) is 0 Å². The number of aryl methyl sites for hydroxylation is 1. The average molecular weight is 231 g/mol. The Kier molecular flexibility index (Phi) is 3.88. The molecule has 0 aliphatic carbocycles. The van der Waals surface area contributed by atoms with Gasteiger partial charge in [-0.25, -0.2) is 0 Å². The minimum absolute atomic E-state index is 0.336. The second kappa shape index (κ2) is 5.59. The molecule has 0 fully saturated rings. The molecule has 0 radical (unpaired) electrons. The van der Waals surface area contributed by atoms with E-state index in [-0.39, 0.29) is 0 Å². The molecule has 0 aliphatic rings. The summed E-state index contributed by atoms with van der Waals surface area (Å²) in [5.41, 5.74) is 2.65. The first-order valence-corrected chi connectivity index (χ1v) is 5.81. The number of rotatable bonds is 5. The average Bonchev–Trinajstić information content (AvgIpc) is 2.82. The van der Waals surface area contributed by atoms with E-state index in [2.05, 4.69) is 58.1 Å². The van der Waals surface area contributed by atoms with Crippen molar-refractivity contribution in [2.45, 2.75) is 26.3 Å². The first kappa shape index (κ1) is 11.8. The van der Waals surface area contributed by atoms with E-state index < -0.39 is 0 Å².